The molecular weight excluding hydrogens is 506 g/mol. The van der Waals surface area contributed by atoms with Gasteiger partial charge in [-0.3, -0.25) is 0 Å². The van der Waals surface area contributed by atoms with Crippen LogP contribution >= 0.6 is 0 Å². The molecular formula is C41H33N. The van der Waals surface area contributed by atoms with Gasteiger partial charge < -0.3 is 4.90 Å². The van der Waals surface area contributed by atoms with Crippen LogP contribution in [0.15, 0.2) is 133 Å². The zero-order valence-electron chi connectivity index (χ0n) is 24.4. The highest BCUT2D eigenvalue weighted by Crippen LogP contribution is 2.58. The predicted octanol–water partition coefficient (Wildman–Crippen LogP) is 11.5. The quantitative estimate of drug-likeness (QED) is 0.201. The molecule has 0 fully saturated rings. The molecule has 0 unspecified atom stereocenters. The van der Waals surface area contributed by atoms with Crippen molar-refractivity contribution in [1.29, 1.82) is 0 Å². The monoisotopic (exact) mass is 539 g/mol. The van der Waals surface area contributed by atoms with Gasteiger partial charge in [0.15, 0.2) is 0 Å². The fourth-order valence-corrected chi connectivity index (χ4v) is 7.37. The van der Waals surface area contributed by atoms with Crippen LogP contribution in [0, 0.1) is 0 Å². The van der Waals surface area contributed by atoms with Gasteiger partial charge in [0, 0.05) is 22.2 Å². The molecule has 0 heterocycles. The van der Waals surface area contributed by atoms with Crippen LogP contribution in [0.1, 0.15) is 37.5 Å². The summed E-state index contributed by atoms with van der Waals surface area (Å²) < 4.78 is 0. The first-order chi connectivity index (χ1) is 20.6. The Kier molecular flexibility index (Phi) is 5.52. The highest BCUT2D eigenvalue weighted by molar-refractivity contribution is 6.22. The van der Waals surface area contributed by atoms with Crippen molar-refractivity contribution in [2.45, 2.75) is 32.6 Å². The Morgan fingerprint density at radius 2 is 1.00 bits per heavy atom. The second-order valence-electron chi connectivity index (χ2n) is 12.0. The van der Waals surface area contributed by atoms with Crippen molar-refractivity contribution in [1.82, 2.24) is 0 Å². The summed E-state index contributed by atoms with van der Waals surface area (Å²) in [4.78, 5) is 2.44. The number of para-hydroxylation sites is 1. The first kappa shape index (κ1) is 24.9. The molecule has 0 spiro atoms. The minimum absolute atomic E-state index is 0.179. The van der Waals surface area contributed by atoms with Crippen LogP contribution in [0.2, 0.25) is 0 Å². The second kappa shape index (κ2) is 9.33. The average Bonchev–Trinajstić information content (AvgIpc) is 3.29. The lowest BCUT2D eigenvalue weighted by molar-refractivity contribution is 0.667. The molecule has 1 nitrogen and oxygen atoms in total. The van der Waals surface area contributed by atoms with E-state index in [1.54, 1.807) is 0 Å². The molecule has 0 saturated heterocycles. The Labute approximate surface area is 247 Å². The minimum Gasteiger partial charge on any atom is -0.310 e. The first-order valence-electron chi connectivity index (χ1n) is 15.0. The minimum atomic E-state index is -0.179. The van der Waals surface area contributed by atoms with Gasteiger partial charge >= 0.3 is 0 Å². The number of hydrogen-bond donors (Lipinski definition) is 0. The summed E-state index contributed by atoms with van der Waals surface area (Å²) in [6.45, 7) is 7.05. The summed E-state index contributed by atoms with van der Waals surface area (Å²) in [5.74, 6) is 0. The lowest BCUT2D eigenvalue weighted by atomic mass is 9.79. The van der Waals surface area contributed by atoms with Gasteiger partial charge in [0.1, 0.15) is 0 Å². The van der Waals surface area contributed by atoms with Crippen LogP contribution in [0.3, 0.4) is 0 Å². The molecule has 7 aromatic rings. The smallest absolute Gasteiger partial charge is 0.0543 e. The van der Waals surface area contributed by atoms with E-state index in [0.29, 0.717) is 0 Å². The summed E-state index contributed by atoms with van der Waals surface area (Å²) in [6, 6.07) is 49.3. The van der Waals surface area contributed by atoms with E-state index >= 15 is 0 Å². The molecule has 202 valence electrons. The van der Waals surface area contributed by atoms with Crippen LogP contribution in [0.4, 0.5) is 17.1 Å². The SMILES string of the molecule is CCc1ccc(N(c2ccccc2)c2cc3c(c4ccccc24)-c2c(c4ccccc4c4ccccc24)C3(C)C)cc1. The van der Waals surface area contributed by atoms with Crippen LogP contribution < -0.4 is 4.90 Å². The topological polar surface area (TPSA) is 3.24 Å². The third-order valence-electron chi connectivity index (χ3n) is 9.36. The van der Waals surface area contributed by atoms with E-state index in [9.17, 15) is 0 Å². The van der Waals surface area contributed by atoms with Crippen LogP contribution in [0.25, 0.3) is 43.4 Å². The van der Waals surface area contributed by atoms with Crippen LogP contribution in [-0.2, 0) is 11.8 Å². The number of benzene rings is 7. The van der Waals surface area contributed by atoms with Crippen molar-refractivity contribution in [3.8, 4) is 11.1 Å². The molecule has 0 atom stereocenters. The van der Waals surface area contributed by atoms with E-state index in [-0.39, 0.29) is 5.41 Å². The standard InChI is InChI=1S/C41H33N/c1-4-27-22-24-29(25-23-27)42(28-14-6-5-7-15-28)37-26-36-38(34-20-12-10-18-32(34)37)39-33-19-11-8-16-30(33)31-17-9-13-21-35(31)40(39)41(36,2)3/h5-26H,4H2,1-3H3. The Balaban J connectivity index is 1.50. The fraction of sp³-hybridized carbons (Fsp3) is 0.122. The zero-order valence-corrected chi connectivity index (χ0v) is 24.4. The number of rotatable bonds is 4. The van der Waals surface area contributed by atoms with Crippen molar-refractivity contribution in [3.63, 3.8) is 0 Å². The van der Waals surface area contributed by atoms with Crippen LogP contribution in [0.5, 0.6) is 0 Å². The van der Waals surface area contributed by atoms with Gasteiger partial charge in [0.25, 0.3) is 0 Å². The second-order valence-corrected chi connectivity index (χ2v) is 12.0. The van der Waals surface area contributed by atoms with Crippen LogP contribution in [-0.4, -0.2) is 0 Å². The number of fused-ring (bicyclic) bond motifs is 10. The Hall–Kier alpha value is -4.88. The van der Waals surface area contributed by atoms with E-state index in [0.717, 1.165) is 12.1 Å². The maximum Gasteiger partial charge on any atom is 0.0543 e. The Bertz CT molecular complexity index is 2140. The lowest BCUT2D eigenvalue weighted by Crippen LogP contribution is -2.17. The molecule has 0 radical (unpaired) electrons. The van der Waals surface area contributed by atoms with Crippen molar-refractivity contribution in [3.05, 3.63) is 150 Å². The number of hydrogen-bond acceptors (Lipinski definition) is 1. The molecule has 1 aliphatic rings. The van der Waals surface area contributed by atoms with Gasteiger partial charge in [-0.05, 0) is 91.5 Å². The third kappa shape index (κ3) is 3.50. The number of nitrogens with zero attached hydrogens (tertiary/aromatic N) is 1. The van der Waals surface area contributed by atoms with E-state index in [1.165, 1.54) is 71.5 Å². The normalized spacial score (nSPS) is 13.4. The summed E-state index contributed by atoms with van der Waals surface area (Å²) in [5.41, 5.74) is 10.3. The zero-order chi connectivity index (χ0) is 28.4. The molecule has 1 heteroatoms. The Morgan fingerprint density at radius 1 is 0.500 bits per heavy atom. The molecule has 1 aliphatic carbocycles. The van der Waals surface area contributed by atoms with E-state index in [2.05, 4.69) is 159 Å². The van der Waals surface area contributed by atoms with E-state index in [4.69, 9.17) is 0 Å². The molecule has 8 rings (SSSR count). The maximum atomic E-state index is 2.49. The van der Waals surface area contributed by atoms with Gasteiger partial charge in [0.2, 0.25) is 0 Å². The molecule has 0 amide bonds. The molecule has 0 saturated carbocycles. The summed E-state index contributed by atoms with van der Waals surface area (Å²) >= 11 is 0. The fourth-order valence-electron chi connectivity index (χ4n) is 7.37. The summed E-state index contributed by atoms with van der Waals surface area (Å²) in [7, 11) is 0. The van der Waals surface area contributed by atoms with Crippen molar-refractivity contribution < 1.29 is 0 Å². The summed E-state index contributed by atoms with van der Waals surface area (Å²) in [5, 5.41) is 7.92. The molecule has 42 heavy (non-hydrogen) atoms. The van der Waals surface area contributed by atoms with Gasteiger partial charge in [-0.15, -0.1) is 0 Å². The molecule has 0 N–H and O–H groups in total. The van der Waals surface area contributed by atoms with Gasteiger partial charge in [0.05, 0.1) is 5.69 Å². The van der Waals surface area contributed by atoms with E-state index in [1.807, 2.05) is 0 Å². The van der Waals surface area contributed by atoms with Crippen molar-refractivity contribution >= 4 is 49.4 Å². The average molecular weight is 540 g/mol. The molecule has 0 aromatic heterocycles. The number of aryl methyl sites for hydroxylation is 1. The number of anilines is 3. The molecule has 7 aromatic carbocycles. The van der Waals surface area contributed by atoms with Gasteiger partial charge in [-0.1, -0.05) is 124 Å². The maximum absolute atomic E-state index is 2.49. The molecule has 0 bridgehead atoms. The third-order valence-corrected chi connectivity index (χ3v) is 9.36. The first-order valence-corrected chi connectivity index (χ1v) is 15.0. The summed E-state index contributed by atoms with van der Waals surface area (Å²) in [6.07, 6.45) is 1.03. The largest absolute Gasteiger partial charge is 0.310 e. The van der Waals surface area contributed by atoms with E-state index < -0.39 is 0 Å². The van der Waals surface area contributed by atoms with Gasteiger partial charge in [-0.2, -0.15) is 0 Å². The van der Waals surface area contributed by atoms with Gasteiger partial charge in [-0.25, -0.2) is 0 Å². The highest BCUT2D eigenvalue weighted by atomic mass is 15.1. The van der Waals surface area contributed by atoms with Crippen molar-refractivity contribution in [2.75, 3.05) is 4.90 Å². The Morgan fingerprint density at radius 3 is 1.64 bits per heavy atom. The predicted molar refractivity (Wildman–Crippen MR) is 181 cm³/mol. The highest BCUT2D eigenvalue weighted by Gasteiger charge is 2.40. The molecule has 0 aliphatic heterocycles. The lowest BCUT2D eigenvalue weighted by Gasteiger charge is -2.30. The van der Waals surface area contributed by atoms with Crippen molar-refractivity contribution in [2.24, 2.45) is 0 Å².